The van der Waals surface area contributed by atoms with Crippen LogP contribution < -0.4 is 70.2 Å². The maximum atomic E-state index is 14.6. The van der Waals surface area contributed by atoms with Gasteiger partial charge in [0.05, 0.1) is 0 Å². The first-order chi connectivity index (χ1) is 69.3. The molecule has 14 aromatic rings. The van der Waals surface area contributed by atoms with Gasteiger partial charge in [0.2, 0.25) is 21.7 Å². The van der Waals surface area contributed by atoms with Gasteiger partial charge in [0, 0.05) is 97.5 Å². The van der Waals surface area contributed by atoms with Crippen LogP contribution in [0.1, 0.15) is 122 Å². The number of fused-ring (bicyclic) bond motifs is 20. The molecule has 10 aromatic carbocycles. The number of nitrogens with zero attached hydrogens (tertiary/aromatic N) is 12. The van der Waals surface area contributed by atoms with Crippen molar-refractivity contribution in [2.24, 2.45) is 0 Å². The highest BCUT2D eigenvalue weighted by atomic mass is 19.1. The van der Waals surface area contributed by atoms with E-state index in [0.717, 1.165) is 33.4 Å². The number of rotatable bonds is 10. The normalized spacial score (nSPS) is 18.0. The maximum Gasteiger partial charge on any atom is 0.278 e. The van der Waals surface area contributed by atoms with Gasteiger partial charge in [-0.1, -0.05) is 206 Å². The highest BCUT2D eigenvalue weighted by Gasteiger charge is 2.44. The van der Waals surface area contributed by atoms with Crippen molar-refractivity contribution < 1.29 is 75.4 Å². The summed E-state index contributed by atoms with van der Waals surface area (Å²) in [5, 5.41) is 28.5. The Bertz CT molecular complexity index is 7080. The molecule has 4 atom stereocenters. The van der Waals surface area contributed by atoms with E-state index in [4.69, 9.17) is 28.4 Å². The average Bonchev–Trinajstić information content (AvgIpc) is 0.904. The molecule has 4 amide bonds. The Kier molecular flexibility index (Phi) is 27.3. The molecule has 0 aliphatic carbocycles. The molecule has 4 aromatic heterocycles. The summed E-state index contributed by atoms with van der Waals surface area (Å²) < 4.78 is 100. The highest BCUT2D eigenvalue weighted by molar-refractivity contribution is 5.99. The number of halogens is 4. The summed E-state index contributed by atoms with van der Waals surface area (Å²) >= 11 is 0. The lowest BCUT2D eigenvalue weighted by atomic mass is 9.96. The van der Waals surface area contributed by atoms with E-state index in [0.29, 0.717) is 84.8 Å². The molecule has 28 nitrogen and oxygen atoms in total. The van der Waals surface area contributed by atoms with E-state index >= 15 is 0 Å². The van der Waals surface area contributed by atoms with E-state index in [1.54, 1.807) is 80.1 Å². The molecule has 0 spiro atoms. The minimum absolute atomic E-state index is 0.0255. The standard InChI is InChI=1S/2C31H26FN3O4.2C24H20FN3O4/c2*32-24-12-8-11-23(19-24)28-25-13-4-5-14-27(25)38-18-7-6-16-33-21-35(28)34-17-15-26(36)30(29(34)31(33)37)39-20-22-9-2-1-3-10-22;2*25-17-7-5-6-16(14-17)21-18-8-1-2-9-20(18)32-13-4-3-11-26-15-28(21)27-12-10-19(29)23(30)22(27)24(26)31/h2*1-15,17,19,28H,16,18,20-21H2;2*1-10,12,14,21,30H,11,13,15H2/b2*7-6-;2*4-3-/t2*28-;2*21-/m1010/s1. The fraction of sp³-hybridized carbons (Fsp3) is 0.164. The Balaban J connectivity index is 0.000000121. The molecular weight excluding hydrogens is 1820 g/mol. The summed E-state index contributed by atoms with van der Waals surface area (Å²) in [4.78, 5) is 111. The van der Waals surface area contributed by atoms with Gasteiger partial charge in [0.1, 0.15) is 137 Å². The molecule has 22 rings (SSSR count). The molecular formula is C110H92F4N12O16. The van der Waals surface area contributed by atoms with Crippen molar-refractivity contribution >= 4 is 23.6 Å². The monoisotopic (exact) mass is 1910 g/mol. The van der Waals surface area contributed by atoms with E-state index in [9.17, 15) is 66.1 Å². The zero-order valence-corrected chi connectivity index (χ0v) is 76.2. The van der Waals surface area contributed by atoms with Crippen LogP contribution in [0.4, 0.5) is 17.6 Å². The molecule has 2 N–H and O–H groups in total. The molecule has 32 heteroatoms. The van der Waals surface area contributed by atoms with E-state index in [2.05, 4.69) is 0 Å². The molecule has 716 valence electrons. The number of aromatic hydroxyl groups is 2. The third kappa shape index (κ3) is 19.4. The molecule has 0 fully saturated rings. The summed E-state index contributed by atoms with van der Waals surface area (Å²) in [5.41, 5.74) is 5.37. The molecule has 0 radical (unpaired) electrons. The van der Waals surface area contributed by atoms with Crippen molar-refractivity contribution in [1.29, 1.82) is 0 Å². The average molecular weight is 1910 g/mol. The van der Waals surface area contributed by atoms with Crippen LogP contribution in [0.15, 0.2) is 372 Å². The second-order valence-corrected chi connectivity index (χ2v) is 33.9. The second kappa shape index (κ2) is 41.6. The Hall–Kier alpha value is -17.8. The first-order valence-corrected chi connectivity index (χ1v) is 45.8. The number of para-hydroxylation sites is 4. The van der Waals surface area contributed by atoms with E-state index < -0.39 is 80.8 Å². The number of carbonyl (C=O) groups is 4. The van der Waals surface area contributed by atoms with Crippen molar-refractivity contribution in [3.63, 3.8) is 0 Å². The van der Waals surface area contributed by atoms with Crippen LogP contribution in [0.25, 0.3) is 0 Å². The van der Waals surface area contributed by atoms with Gasteiger partial charge in [-0.2, -0.15) is 0 Å². The number of carbonyl (C=O) groups excluding carboxylic acids is 4. The van der Waals surface area contributed by atoms with Crippen LogP contribution in [-0.2, 0) is 13.2 Å². The fourth-order valence-electron chi connectivity index (χ4n) is 18.4. The molecule has 8 aliphatic heterocycles. The van der Waals surface area contributed by atoms with Crippen LogP contribution in [0.5, 0.6) is 46.0 Å². The van der Waals surface area contributed by atoms with Gasteiger partial charge in [0.15, 0.2) is 45.8 Å². The van der Waals surface area contributed by atoms with Crippen LogP contribution in [-0.4, -0.2) is 151 Å². The highest BCUT2D eigenvalue weighted by Crippen LogP contribution is 2.44. The number of aromatic nitrogens is 4. The lowest BCUT2D eigenvalue weighted by Gasteiger charge is -2.44. The van der Waals surface area contributed by atoms with Crippen LogP contribution in [0.2, 0.25) is 0 Å². The Morgan fingerprint density at radius 3 is 0.796 bits per heavy atom. The number of amides is 4. The number of hydrogen-bond acceptors (Lipinski definition) is 20. The van der Waals surface area contributed by atoms with E-state index in [-0.39, 0.29) is 111 Å². The van der Waals surface area contributed by atoms with Crippen LogP contribution in [0.3, 0.4) is 0 Å². The van der Waals surface area contributed by atoms with Crippen molar-refractivity contribution in [3.8, 4) is 46.0 Å². The number of benzene rings is 10. The van der Waals surface area contributed by atoms with Gasteiger partial charge in [-0.15, -0.1) is 0 Å². The Labute approximate surface area is 810 Å². The fourth-order valence-corrected chi connectivity index (χ4v) is 18.4. The predicted molar refractivity (Wildman–Crippen MR) is 521 cm³/mol. The Morgan fingerprint density at radius 2 is 0.521 bits per heavy atom. The van der Waals surface area contributed by atoms with Crippen molar-refractivity contribution in [2.45, 2.75) is 37.4 Å². The summed E-state index contributed by atoms with van der Waals surface area (Å²) in [6.07, 6.45) is 20.7. The molecule has 12 heterocycles. The third-order valence-corrected chi connectivity index (χ3v) is 25.0. The van der Waals surface area contributed by atoms with Crippen LogP contribution in [0, 0.1) is 23.3 Å². The van der Waals surface area contributed by atoms with E-state index in [1.807, 2.05) is 226 Å². The third-order valence-electron chi connectivity index (χ3n) is 25.0. The largest absolute Gasteiger partial charge is 0.502 e. The SMILES string of the molecule is O=C1c2c(O)c(=O)ccn2N2CN1C/C=C\COc1ccccc1[C@@H]2c1cccc(F)c1.O=C1c2c(O)c(=O)ccn2N2CN1C/C=C\COc1ccccc1[C@H]2c1cccc(F)c1.O=C1c2c(OCc3ccccc3)c(=O)ccn2N2CN1C/C=C\COc1ccccc1[C@@H]2c1cccc(F)c1.O=C1c2c(OCc3ccccc3)c(=O)ccn2N2CN1C/C=C\COc1ccccc1[C@H]2c1cccc(F)c1. The summed E-state index contributed by atoms with van der Waals surface area (Å²) in [6.45, 7) is 3.25. The van der Waals surface area contributed by atoms with Crippen molar-refractivity contribution in [2.75, 3.05) is 99.3 Å². The lowest BCUT2D eigenvalue weighted by Crippen LogP contribution is -2.55. The van der Waals surface area contributed by atoms with Gasteiger partial charge in [-0.25, -0.2) is 17.6 Å². The van der Waals surface area contributed by atoms with Gasteiger partial charge >= 0.3 is 0 Å². The number of ether oxygens (including phenoxy) is 6. The minimum atomic E-state index is -0.641. The predicted octanol–water partition coefficient (Wildman–Crippen LogP) is 14.9. The summed E-state index contributed by atoms with van der Waals surface area (Å²) in [5.74, 6) is -1.91. The van der Waals surface area contributed by atoms with Gasteiger partial charge < -0.3 is 58.2 Å². The van der Waals surface area contributed by atoms with E-state index in [1.165, 1.54) is 104 Å². The molecule has 0 saturated heterocycles. The number of hydrogen-bond donors (Lipinski definition) is 2. The first kappa shape index (κ1) is 93.2. The van der Waals surface area contributed by atoms with Gasteiger partial charge in [-0.3, -0.25) is 77.1 Å². The first-order valence-electron chi connectivity index (χ1n) is 45.8. The molecule has 142 heavy (non-hydrogen) atoms. The number of pyridine rings is 4. The van der Waals surface area contributed by atoms with Gasteiger partial charge in [-0.05, 0) is 130 Å². The smallest absolute Gasteiger partial charge is 0.278 e. The van der Waals surface area contributed by atoms with Crippen molar-refractivity contribution in [1.82, 2.24) is 38.3 Å². The molecule has 8 bridgehead atoms. The van der Waals surface area contributed by atoms with Gasteiger partial charge in [0.25, 0.3) is 23.6 Å². The lowest BCUT2D eigenvalue weighted by molar-refractivity contribution is 0.0691. The maximum absolute atomic E-state index is 14.6. The van der Waals surface area contributed by atoms with Crippen molar-refractivity contribution in [3.05, 3.63) is 495 Å². The summed E-state index contributed by atoms with van der Waals surface area (Å²) in [7, 11) is 0. The topological polar surface area (TPSA) is 278 Å². The Morgan fingerprint density at radius 1 is 0.275 bits per heavy atom. The zero-order chi connectivity index (χ0) is 98.0. The molecule has 8 aliphatic rings. The van der Waals surface area contributed by atoms with Crippen LogP contribution >= 0.6 is 0 Å². The minimum Gasteiger partial charge on any atom is -0.502 e. The zero-order valence-electron chi connectivity index (χ0n) is 76.2. The summed E-state index contributed by atoms with van der Waals surface area (Å²) in [6, 6.07) is 77.1. The second-order valence-electron chi connectivity index (χ2n) is 33.9. The quantitative estimate of drug-likeness (QED) is 0.0950. The molecule has 0 unspecified atom stereocenters. The molecule has 0 saturated carbocycles.